The van der Waals surface area contributed by atoms with Crippen LogP contribution in [0.2, 0.25) is 0 Å². The van der Waals surface area contributed by atoms with Gasteiger partial charge in [-0.3, -0.25) is 0 Å². The fraction of sp³-hybridized carbons (Fsp3) is 0.579. The molecule has 10 heteroatoms. The Morgan fingerprint density at radius 1 is 1.03 bits per heavy atom. The van der Waals surface area contributed by atoms with E-state index < -0.39 is 55.5 Å². The minimum atomic E-state index is -2.45. The molecule has 2 fully saturated rings. The maximum atomic E-state index is 10.2. The SMILES string of the molecule is C=CCc1ccc(O[C@@H]2O[C@H](CO[C@@H]3OCC(O)(O)[C@H]3O)[C@@H](O)[C@H](O)[C@H]2O)cc1. The highest BCUT2D eigenvalue weighted by atomic mass is 16.7. The van der Waals surface area contributed by atoms with Gasteiger partial charge in [-0.2, -0.15) is 0 Å². The summed E-state index contributed by atoms with van der Waals surface area (Å²) in [5, 5.41) is 59.1. The Morgan fingerprint density at radius 3 is 2.31 bits per heavy atom. The second-order valence-corrected chi connectivity index (χ2v) is 7.11. The van der Waals surface area contributed by atoms with Gasteiger partial charge >= 0.3 is 0 Å². The number of hydrogen-bond acceptors (Lipinski definition) is 10. The summed E-state index contributed by atoms with van der Waals surface area (Å²) < 4.78 is 21.3. The zero-order valence-corrected chi connectivity index (χ0v) is 15.6. The fourth-order valence-corrected chi connectivity index (χ4v) is 3.08. The predicted octanol–water partition coefficient (Wildman–Crippen LogP) is -1.98. The van der Waals surface area contributed by atoms with Gasteiger partial charge in [-0.1, -0.05) is 18.2 Å². The lowest BCUT2D eigenvalue weighted by Gasteiger charge is -2.40. The van der Waals surface area contributed by atoms with Gasteiger partial charge < -0.3 is 49.6 Å². The molecule has 0 saturated carbocycles. The van der Waals surface area contributed by atoms with Crippen LogP contribution in [-0.2, 0) is 20.6 Å². The first-order valence-electron chi connectivity index (χ1n) is 9.15. The molecule has 2 heterocycles. The fourth-order valence-electron chi connectivity index (χ4n) is 3.08. The molecule has 2 aliphatic rings. The van der Waals surface area contributed by atoms with Crippen molar-refractivity contribution in [3.8, 4) is 5.75 Å². The van der Waals surface area contributed by atoms with Gasteiger partial charge in [-0.25, -0.2) is 0 Å². The minimum Gasteiger partial charge on any atom is -0.462 e. The molecule has 2 aliphatic heterocycles. The van der Waals surface area contributed by atoms with E-state index >= 15 is 0 Å². The van der Waals surface area contributed by atoms with Gasteiger partial charge in [-0.15, -0.1) is 6.58 Å². The number of aliphatic hydroxyl groups excluding tert-OH is 4. The summed E-state index contributed by atoms with van der Waals surface area (Å²) >= 11 is 0. The lowest BCUT2D eigenvalue weighted by atomic mass is 9.99. The number of hydrogen-bond donors (Lipinski definition) is 6. The molecule has 0 spiro atoms. The molecule has 0 aromatic heterocycles. The van der Waals surface area contributed by atoms with Gasteiger partial charge in [0.2, 0.25) is 12.1 Å². The van der Waals surface area contributed by atoms with E-state index in [0.29, 0.717) is 12.2 Å². The lowest BCUT2D eigenvalue weighted by molar-refractivity contribution is -0.290. The Balaban J connectivity index is 1.61. The van der Waals surface area contributed by atoms with Gasteiger partial charge in [0.1, 0.15) is 36.8 Å². The number of ether oxygens (including phenoxy) is 4. The van der Waals surface area contributed by atoms with E-state index in [4.69, 9.17) is 18.9 Å². The van der Waals surface area contributed by atoms with Crippen LogP contribution in [0.25, 0.3) is 0 Å². The topological polar surface area (TPSA) is 158 Å². The molecule has 0 radical (unpaired) electrons. The molecule has 3 rings (SSSR count). The average Bonchev–Trinajstić information content (AvgIpc) is 2.96. The Kier molecular flexibility index (Phi) is 6.89. The molecule has 1 aromatic carbocycles. The van der Waals surface area contributed by atoms with Crippen molar-refractivity contribution in [2.45, 2.75) is 55.3 Å². The van der Waals surface area contributed by atoms with E-state index in [1.807, 2.05) is 12.1 Å². The predicted molar refractivity (Wildman–Crippen MR) is 96.5 cm³/mol. The number of rotatable bonds is 7. The molecule has 0 amide bonds. The summed E-state index contributed by atoms with van der Waals surface area (Å²) in [6, 6.07) is 6.96. The largest absolute Gasteiger partial charge is 0.462 e. The van der Waals surface area contributed by atoms with Crippen molar-refractivity contribution in [1.82, 2.24) is 0 Å². The third-order valence-electron chi connectivity index (χ3n) is 4.84. The number of benzene rings is 1. The molecular weight excluding hydrogens is 388 g/mol. The molecule has 6 N–H and O–H groups in total. The smallest absolute Gasteiger partial charge is 0.229 e. The molecule has 0 bridgehead atoms. The highest BCUT2D eigenvalue weighted by Crippen LogP contribution is 2.27. The van der Waals surface area contributed by atoms with Crippen molar-refractivity contribution in [3.63, 3.8) is 0 Å². The highest BCUT2D eigenvalue weighted by Gasteiger charge is 2.49. The Labute approximate surface area is 167 Å². The summed E-state index contributed by atoms with van der Waals surface area (Å²) in [5.41, 5.74) is 1.01. The molecule has 162 valence electrons. The summed E-state index contributed by atoms with van der Waals surface area (Å²) in [6.45, 7) is 2.74. The van der Waals surface area contributed by atoms with Gasteiger partial charge in [0.25, 0.3) is 0 Å². The maximum Gasteiger partial charge on any atom is 0.229 e. The molecule has 7 atom stereocenters. The van der Waals surface area contributed by atoms with E-state index in [1.54, 1.807) is 18.2 Å². The Hall–Kier alpha value is -1.60. The minimum absolute atomic E-state index is 0.374. The van der Waals surface area contributed by atoms with Crippen molar-refractivity contribution in [2.24, 2.45) is 0 Å². The van der Waals surface area contributed by atoms with Gasteiger partial charge in [0.05, 0.1) is 6.61 Å². The van der Waals surface area contributed by atoms with Gasteiger partial charge in [0.15, 0.2) is 12.4 Å². The van der Waals surface area contributed by atoms with Crippen molar-refractivity contribution >= 4 is 0 Å². The van der Waals surface area contributed by atoms with Crippen LogP contribution in [0, 0.1) is 0 Å². The van der Waals surface area contributed by atoms with Crippen LogP contribution in [0.1, 0.15) is 5.56 Å². The van der Waals surface area contributed by atoms with Crippen LogP contribution in [0.5, 0.6) is 5.75 Å². The van der Waals surface area contributed by atoms with E-state index in [9.17, 15) is 30.6 Å². The zero-order chi connectivity index (χ0) is 21.2. The average molecular weight is 414 g/mol. The third kappa shape index (κ3) is 4.94. The van der Waals surface area contributed by atoms with E-state index in [1.165, 1.54) is 0 Å². The van der Waals surface area contributed by atoms with Crippen molar-refractivity contribution in [1.29, 1.82) is 0 Å². The molecule has 1 aromatic rings. The van der Waals surface area contributed by atoms with Crippen molar-refractivity contribution in [2.75, 3.05) is 13.2 Å². The number of aliphatic hydroxyl groups is 6. The quantitative estimate of drug-likeness (QED) is 0.218. The van der Waals surface area contributed by atoms with Crippen LogP contribution in [0.15, 0.2) is 36.9 Å². The third-order valence-corrected chi connectivity index (χ3v) is 4.84. The summed E-state index contributed by atoms with van der Waals surface area (Å²) in [6.07, 6.45) is -7.68. The monoisotopic (exact) mass is 414 g/mol. The van der Waals surface area contributed by atoms with Crippen molar-refractivity contribution in [3.05, 3.63) is 42.5 Å². The zero-order valence-electron chi connectivity index (χ0n) is 15.6. The van der Waals surface area contributed by atoms with Crippen LogP contribution >= 0.6 is 0 Å². The second-order valence-electron chi connectivity index (χ2n) is 7.11. The van der Waals surface area contributed by atoms with E-state index in [2.05, 4.69) is 6.58 Å². The van der Waals surface area contributed by atoms with Crippen LogP contribution < -0.4 is 4.74 Å². The molecule has 0 unspecified atom stereocenters. The van der Waals surface area contributed by atoms with Crippen molar-refractivity contribution < 1.29 is 49.6 Å². The van der Waals surface area contributed by atoms with Crippen LogP contribution in [0.3, 0.4) is 0 Å². The normalized spacial score (nSPS) is 36.7. The summed E-state index contributed by atoms with van der Waals surface area (Å²) in [7, 11) is 0. The first kappa shape index (κ1) is 22.1. The van der Waals surface area contributed by atoms with Crippen LogP contribution in [-0.4, -0.2) is 92.7 Å². The lowest BCUT2D eigenvalue weighted by Crippen LogP contribution is -2.60. The highest BCUT2D eigenvalue weighted by molar-refractivity contribution is 5.28. The summed E-state index contributed by atoms with van der Waals surface area (Å²) in [4.78, 5) is 0. The first-order chi connectivity index (χ1) is 13.7. The standard InChI is InChI=1S/C19H26O10/c1-2-3-10-4-6-11(7-5-10)28-17-15(22)14(21)13(20)12(29-17)8-26-18-16(23)19(24,25)9-27-18/h2,4-7,12-18,20-25H,1,3,8-9H2/t12-,13-,14+,15-,16+,17-,18-/m1/s1. The Morgan fingerprint density at radius 2 is 1.72 bits per heavy atom. The first-order valence-corrected chi connectivity index (χ1v) is 9.15. The molecule has 10 nitrogen and oxygen atoms in total. The summed E-state index contributed by atoms with van der Waals surface area (Å²) in [5.74, 6) is -2.07. The van der Waals surface area contributed by atoms with Crippen LogP contribution in [0.4, 0.5) is 0 Å². The molecule has 2 saturated heterocycles. The maximum absolute atomic E-state index is 10.2. The second kappa shape index (κ2) is 9.04. The molecular formula is C19H26O10. The number of allylic oxidation sites excluding steroid dienone is 1. The Bertz CT molecular complexity index is 678. The van der Waals surface area contributed by atoms with E-state index in [0.717, 1.165) is 5.56 Å². The molecule has 0 aliphatic carbocycles. The van der Waals surface area contributed by atoms with Gasteiger partial charge in [0, 0.05) is 0 Å². The van der Waals surface area contributed by atoms with Gasteiger partial charge in [-0.05, 0) is 24.1 Å². The molecule has 29 heavy (non-hydrogen) atoms. The van der Waals surface area contributed by atoms with E-state index in [-0.39, 0.29) is 6.61 Å².